The standard InChI is InChI=1S/C21H20F3N3O2/c1-28-17-9-7-14(8-10-17)18-6-3-11-27(18)13-19-25-20(26-29-19)15-4-2-5-16(12-15)21(22,23)24/h2,4-5,7-10,12,18H,3,6,11,13H2,1H3/t18-/m0/s1. The minimum atomic E-state index is -4.41. The average Bonchev–Trinajstić information content (AvgIpc) is 3.38. The molecule has 1 atom stereocenters. The number of ether oxygens (including phenoxy) is 1. The number of halogens is 3. The predicted octanol–water partition coefficient (Wildman–Crippen LogP) is 5.10. The van der Waals surface area contributed by atoms with E-state index in [9.17, 15) is 13.2 Å². The number of hydrogen-bond acceptors (Lipinski definition) is 5. The summed E-state index contributed by atoms with van der Waals surface area (Å²) < 4.78 is 49.3. The Labute approximate surface area is 166 Å². The summed E-state index contributed by atoms with van der Waals surface area (Å²) >= 11 is 0. The van der Waals surface area contributed by atoms with Crippen LogP contribution in [0, 0.1) is 0 Å². The maximum atomic E-state index is 12.9. The van der Waals surface area contributed by atoms with Gasteiger partial charge in [0.15, 0.2) is 0 Å². The monoisotopic (exact) mass is 403 g/mol. The molecule has 1 aromatic heterocycles. The Morgan fingerprint density at radius 2 is 1.97 bits per heavy atom. The van der Waals surface area contributed by atoms with Gasteiger partial charge in [-0.15, -0.1) is 0 Å². The predicted molar refractivity (Wildman–Crippen MR) is 100 cm³/mol. The Hall–Kier alpha value is -2.87. The van der Waals surface area contributed by atoms with Gasteiger partial charge in [0.05, 0.1) is 19.2 Å². The van der Waals surface area contributed by atoms with E-state index in [1.807, 2.05) is 24.3 Å². The summed E-state index contributed by atoms with van der Waals surface area (Å²) in [5.74, 6) is 1.35. The van der Waals surface area contributed by atoms with Crippen LogP contribution in [0.1, 0.15) is 35.9 Å². The topological polar surface area (TPSA) is 51.4 Å². The number of benzene rings is 2. The van der Waals surface area contributed by atoms with Crippen LogP contribution < -0.4 is 4.74 Å². The van der Waals surface area contributed by atoms with Crippen LogP contribution in [0.4, 0.5) is 13.2 Å². The Morgan fingerprint density at radius 1 is 1.17 bits per heavy atom. The van der Waals surface area contributed by atoms with Crippen molar-refractivity contribution in [1.82, 2.24) is 15.0 Å². The average molecular weight is 403 g/mol. The van der Waals surface area contributed by atoms with Crippen molar-refractivity contribution in [2.24, 2.45) is 0 Å². The smallest absolute Gasteiger partial charge is 0.416 e. The van der Waals surface area contributed by atoms with Crippen molar-refractivity contribution in [3.8, 4) is 17.1 Å². The van der Waals surface area contributed by atoms with Gasteiger partial charge in [-0.2, -0.15) is 18.2 Å². The highest BCUT2D eigenvalue weighted by Gasteiger charge is 2.31. The molecule has 4 rings (SSSR count). The zero-order valence-corrected chi connectivity index (χ0v) is 15.8. The molecule has 1 aliphatic heterocycles. The molecular weight excluding hydrogens is 383 g/mol. The highest BCUT2D eigenvalue weighted by molar-refractivity contribution is 5.55. The first-order chi connectivity index (χ1) is 13.9. The molecule has 152 valence electrons. The largest absolute Gasteiger partial charge is 0.497 e. The quantitative estimate of drug-likeness (QED) is 0.593. The van der Waals surface area contributed by atoms with E-state index in [1.165, 1.54) is 11.6 Å². The molecule has 0 bridgehead atoms. The molecule has 2 aromatic carbocycles. The molecule has 8 heteroatoms. The number of rotatable bonds is 5. The second-order valence-corrected chi connectivity index (χ2v) is 6.99. The summed E-state index contributed by atoms with van der Waals surface area (Å²) in [6, 6.07) is 13.1. The maximum absolute atomic E-state index is 12.9. The molecule has 0 spiro atoms. The molecule has 1 fully saturated rings. The zero-order chi connectivity index (χ0) is 20.4. The lowest BCUT2D eigenvalue weighted by molar-refractivity contribution is -0.137. The lowest BCUT2D eigenvalue weighted by Gasteiger charge is -2.23. The van der Waals surface area contributed by atoms with Gasteiger partial charge in [-0.1, -0.05) is 29.4 Å². The van der Waals surface area contributed by atoms with E-state index < -0.39 is 11.7 Å². The Kier molecular flexibility index (Phi) is 5.27. The number of methoxy groups -OCH3 is 1. The molecule has 0 unspecified atom stereocenters. The summed E-state index contributed by atoms with van der Waals surface area (Å²) in [4.78, 5) is 6.56. The Bertz CT molecular complexity index is 970. The zero-order valence-electron chi connectivity index (χ0n) is 15.8. The first-order valence-electron chi connectivity index (χ1n) is 9.32. The summed E-state index contributed by atoms with van der Waals surface area (Å²) in [7, 11) is 1.63. The van der Waals surface area contributed by atoms with Crippen molar-refractivity contribution in [1.29, 1.82) is 0 Å². The van der Waals surface area contributed by atoms with Crippen molar-refractivity contribution in [3.05, 3.63) is 65.5 Å². The first kappa shape index (κ1) is 19.4. The highest BCUT2D eigenvalue weighted by Crippen LogP contribution is 2.34. The molecule has 3 aromatic rings. The molecule has 0 aliphatic carbocycles. The Morgan fingerprint density at radius 3 is 2.69 bits per heavy atom. The van der Waals surface area contributed by atoms with E-state index in [2.05, 4.69) is 15.0 Å². The maximum Gasteiger partial charge on any atom is 0.416 e. The highest BCUT2D eigenvalue weighted by atomic mass is 19.4. The third-order valence-corrected chi connectivity index (χ3v) is 5.12. The van der Waals surface area contributed by atoms with Crippen molar-refractivity contribution in [2.45, 2.75) is 31.6 Å². The van der Waals surface area contributed by atoms with Crippen molar-refractivity contribution in [3.63, 3.8) is 0 Å². The summed E-state index contributed by atoms with van der Waals surface area (Å²) in [5.41, 5.74) is 0.726. The molecule has 29 heavy (non-hydrogen) atoms. The van der Waals surface area contributed by atoms with Gasteiger partial charge in [0.2, 0.25) is 11.7 Å². The van der Waals surface area contributed by atoms with Crippen molar-refractivity contribution < 1.29 is 22.4 Å². The van der Waals surface area contributed by atoms with Crippen molar-refractivity contribution in [2.75, 3.05) is 13.7 Å². The molecular formula is C21H20F3N3O2. The van der Waals surface area contributed by atoms with E-state index in [4.69, 9.17) is 9.26 Å². The van der Waals surface area contributed by atoms with Crippen LogP contribution in [0.15, 0.2) is 53.1 Å². The second kappa shape index (κ2) is 7.87. The summed E-state index contributed by atoms with van der Waals surface area (Å²) in [5, 5.41) is 3.88. The second-order valence-electron chi connectivity index (χ2n) is 6.99. The fourth-order valence-electron chi connectivity index (χ4n) is 3.66. The molecule has 0 N–H and O–H groups in total. The van der Waals surface area contributed by atoms with E-state index in [-0.39, 0.29) is 17.4 Å². The van der Waals surface area contributed by atoms with Crippen LogP contribution in [0.25, 0.3) is 11.4 Å². The summed E-state index contributed by atoms with van der Waals surface area (Å²) in [6.07, 6.45) is -2.35. The summed E-state index contributed by atoms with van der Waals surface area (Å²) in [6.45, 7) is 1.33. The normalized spacial score (nSPS) is 17.6. The number of alkyl halides is 3. The van der Waals surface area contributed by atoms with Gasteiger partial charge < -0.3 is 9.26 Å². The SMILES string of the molecule is COc1ccc([C@@H]2CCCN2Cc2nc(-c3cccc(C(F)(F)F)c3)no2)cc1. The van der Waals surface area contributed by atoms with Crippen LogP contribution in [0.3, 0.4) is 0 Å². The third kappa shape index (κ3) is 4.27. The third-order valence-electron chi connectivity index (χ3n) is 5.12. The van der Waals surface area contributed by atoms with E-state index in [0.29, 0.717) is 12.4 Å². The minimum Gasteiger partial charge on any atom is -0.497 e. The van der Waals surface area contributed by atoms with E-state index >= 15 is 0 Å². The molecule has 1 aliphatic rings. The minimum absolute atomic E-state index is 0.159. The van der Waals surface area contributed by atoms with Crippen LogP contribution in [-0.2, 0) is 12.7 Å². The Balaban J connectivity index is 1.50. The van der Waals surface area contributed by atoms with Crippen LogP contribution in [-0.4, -0.2) is 28.7 Å². The molecule has 0 radical (unpaired) electrons. The fraction of sp³-hybridized carbons (Fsp3) is 0.333. The number of aromatic nitrogens is 2. The van der Waals surface area contributed by atoms with Gasteiger partial charge in [0, 0.05) is 11.6 Å². The number of nitrogens with zero attached hydrogens (tertiary/aromatic N) is 3. The molecule has 2 heterocycles. The van der Waals surface area contributed by atoms with Crippen LogP contribution in [0.2, 0.25) is 0 Å². The molecule has 0 saturated carbocycles. The van der Waals surface area contributed by atoms with Gasteiger partial charge >= 0.3 is 6.18 Å². The van der Waals surface area contributed by atoms with E-state index in [1.54, 1.807) is 13.2 Å². The van der Waals surface area contributed by atoms with Crippen LogP contribution >= 0.6 is 0 Å². The number of likely N-dealkylation sites (tertiary alicyclic amines) is 1. The van der Waals surface area contributed by atoms with Gasteiger partial charge in [0.25, 0.3) is 0 Å². The number of hydrogen-bond donors (Lipinski definition) is 0. The lowest BCUT2D eigenvalue weighted by atomic mass is 10.0. The fourth-order valence-corrected chi connectivity index (χ4v) is 3.66. The van der Waals surface area contributed by atoms with Gasteiger partial charge in [-0.25, -0.2) is 0 Å². The van der Waals surface area contributed by atoms with Crippen LogP contribution in [0.5, 0.6) is 5.75 Å². The van der Waals surface area contributed by atoms with Gasteiger partial charge in [-0.3, -0.25) is 4.90 Å². The first-order valence-corrected chi connectivity index (χ1v) is 9.32. The molecule has 5 nitrogen and oxygen atoms in total. The van der Waals surface area contributed by atoms with Gasteiger partial charge in [-0.05, 0) is 49.2 Å². The van der Waals surface area contributed by atoms with Crippen molar-refractivity contribution >= 4 is 0 Å². The van der Waals surface area contributed by atoms with Gasteiger partial charge in [0.1, 0.15) is 5.75 Å². The van der Waals surface area contributed by atoms with E-state index in [0.717, 1.165) is 37.3 Å². The lowest BCUT2D eigenvalue weighted by Crippen LogP contribution is -2.22. The molecule has 0 amide bonds. The molecule has 1 saturated heterocycles.